The Hall–Kier alpha value is 0.430. The summed E-state index contributed by atoms with van der Waals surface area (Å²) in [6.07, 6.45) is 20.2. The monoisotopic (exact) mass is 314 g/mol. The number of hydrogen-bond donors (Lipinski definition) is 0. The molecule has 0 nitrogen and oxygen atoms in total. The zero-order valence-electron chi connectivity index (χ0n) is 15.6. The van der Waals surface area contributed by atoms with E-state index in [1.165, 1.54) is 89.6 Å². The zero-order valence-corrected chi connectivity index (χ0v) is 16.7. The van der Waals surface area contributed by atoms with Gasteiger partial charge >= 0.3 is 0 Å². The van der Waals surface area contributed by atoms with Gasteiger partial charge in [0.2, 0.25) is 0 Å². The molecule has 0 spiro atoms. The van der Waals surface area contributed by atoms with Crippen LogP contribution in [0.15, 0.2) is 0 Å². The standard InChI is InChI=1S/C20H43P/c1-19(2)20(3,4)17-15-13-11-9-7-5-6-8-10-12-14-16-18-21/h19H,5-18,21H2,1-4H3. The molecule has 0 heterocycles. The first kappa shape index (κ1) is 21.4. The van der Waals surface area contributed by atoms with E-state index in [-0.39, 0.29) is 0 Å². The molecule has 0 aromatic rings. The highest BCUT2D eigenvalue weighted by molar-refractivity contribution is 7.16. The lowest BCUT2D eigenvalue weighted by molar-refractivity contribution is 0.221. The molecule has 0 aliphatic rings. The van der Waals surface area contributed by atoms with Crippen molar-refractivity contribution in [3.8, 4) is 0 Å². The molecule has 21 heavy (non-hydrogen) atoms. The molecule has 0 radical (unpaired) electrons. The van der Waals surface area contributed by atoms with Gasteiger partial charge in [0.25, 0.3) is 0 Å². The van der Waals surface area contributed by atoms with Crippen molar-refractivity contribution in [2.75, 3.05) is 6.16 Å². The highest BCUT2D eigenvalue weighted by atomic mass is 31.0. The SMILES string of the molecule is CC(C)C(C)(C)CCCCCCCCCCCCCCP. The molecular weight excluding hydrogens is 271 g/mol. The topological polar surface area (TPSA) is 0 Å². The maximum atomic E-state index is 2.83. The molecule has 0 aliphatic heterocycles. The van der Waals surface area contributed by atoms with Gasteiger partial charge in [-0.25, -0.2) is 0 Å². The molecule has 0 N–H and O–H groups in total. The fourth-order valence-electron chi connectivity index (χ4n) is 2.78. The summed E-state index contributed by atoms with van der Waals surface area (Å²) in [4.78, 5) is 0. The summed E-state index contributed by atoms with van der Waals surface area (Å²) >= 11 is 0. The van der Waals surface area contributed by atoms with Gasteiger partial charge in [-0.05, 0) is 30.3 Å². The lowest BCUT2D eigenvalue weighted by Gasteiger charge is -2.29. The van der Waals surface area contributed by atoms with Crippen LogP contribution < -0.4 is 0 Å². The van der Waals surface area contributed by atoms with E-state index in [2.05, 4.69) is 36.9 Å². The Kier molecular flexibility index (Phi) is 14.3. The maximum absolute atomic E-state index is 2.83. The van der Waals surface area contributed by atoms with E-state index in [1.54, 1.807) is 0 Å². The first-order valence-electron chi connectivity index (χ1n) is 9.71. The normalized spacial score (nSPS) is 12.3. The van der Waals surface area contributed by atoms with Gasteiger partial charge in [0.05, 0.1) is 0 Å². The van der Waals surface area contributed by atoms with Crippen molar-refractivity contribution in [3.63, 3.8) is 0 Å². The Bertz CT molecular complexity index is 208. The zero-order chi connectivity index (χ0) is 16.0. The van der Waals surface area contributed by atoms with Gasteiger partial charge in [-0.3, -0.25) is 0 Å². The van der Waals surface area contributed by atoms with Crippen molar-refractivity contribution in [2.24, 2.45) is 11.3 Å². The minimum Gasteiger partial charge on any atom is -0.138 e. The summed E-state index contributed by atoms with van der Waals surface area (Å²) in [5.41, 5.74) is 0.538. The second-order valence-corrected chi connectivity index (χ2v) is 8.50. The smallest absolute Gasteiger partial charge is 0.0331 e. The van der Waals surface area contributed by atoms with Crippen LogP contribution in [-0.2, 0) is 0 Å². The largest absolute Gasteiger partial charge is 0.138 e. The van der Waals surface area contributed by atoms with E-state index in [0.717, 1.165) is 5.92 Å². The summed E-state index contributed by atoms with van der Waals surface area (Å²) < 4.78 is 0. The molecule has 0 rings (SSSR count). The van der Waals surface area contributed by atoms with Crippen LogP contribution in [0.3, 0.4) is 0 Å². The molecule has 0 aromatic heterocycles. The van der Waals surface area contributed by atoms with Crippen LogP contribution in [0.25, 0.3) is 0 Å². The number of unbranched alkanes of at least 4 members (excludes halogenated alkanes) is 11. The van der Waals surface area contributed by atoms with E-state index >= 15 is 0 Å². The Labute approximate surface area is 138 Å². The predicted octanol–water partition coefficient (Wildman–Crippen LogP) is 7.62. The highest BCUT2D eigenvalue weighted by Gasteiger charge is 2.20. The van der Waals surface area contributed by atoms with E-state index in [9.17, 15) is 0 Å². The molecule has 0 aromatic carbocycles. The summed E-state index contributed by atoms with van der Waals surface area (Å²) in [7, 11) is 2.83. The van der Waals surface area contributed by atoms with Crippen LogP contribution in [0.1, 0.15) is 111 Å². The molecule has 0 saturated carbocycles. The average Bonchev–Trinajstić information content (AvgIpc) is 2.43. The molecule has 0 bridgehead atoms. The third-order valence-corrected chi connectivity index (χ3v) is 5.75. The molecule has 128 valence electrons. The highest BCUT2D eigenvalue weighted by Crippen LogP contribution is 2.32. The van der Waals surface area contributed by atoms with Crippen LogP contribution >= 0.6 is 9.24 Å². The fraction of sp³-hybridized carbons (Fsp3) is 1.00. The van der Waals surface area contributed by atoms with Crippen LogP contribution in [0.5, 0.6) is 0 Å². The van der Waals surface area contributed by atoms with Gasteiger partial charge in [0, 0.05) is 0 Å². The Morgan fingerprint density at radius 1 is 0.619 bits per heavy atom. The minimum atomic E-state index is 0.538. The summed E-state index contributed by atoms with van der Waals surface area (Å²) in [6, 6.07) is 0. The summed E-state index contributed by atoms with van der Waals surface area (Å²) in [5.74, 6) is 0.814. The van der Waals surface area contributed by atoms with Crippen molar-refractivity contribution in [3.05, 3.63) is 0 Å². The van der Waals surface area contributed by atoms with Crippen molar-refractivity contribution in [2.45, 2.75) is 111 Å². The lowest BCUT2D eigenvalue weighted by Crippen LogP contribution is -2.18. The number of hydrogen-bond acceptors (Lipinski definition) is 0. The molecular formula is C20H43P. The van der Waals surface area contributed by atoms with E-state index < -0.39 is 0 Å². The van der Waals surface area contributed by atoms with Gasteiger partial charge < -0.3 is 0 Å². The van der Waals surface area contributed by atoms with Crippen LogP contribution in [0, 0.1) is 11.3 Å². The molecule has 1 heteroatoms. The average molecular weight is 315 g/mol. The Morgan fingerprint density at radius 3 is 1.29 bits per heavy atom. The minimum absolute atomic E-state index is 0.538. The van der Waals surface area contributed by atoms with Gasteiger partial charge in [0.1, 0.15) is 0 Å². The molecule has 0 amide bonds. The van der Waals surface area contributed by atoms with E-state index in [1.807, 2.05) is 0 Å². The van der Waals surface area contributed by atoms with Gasteiger partial charge in [-0.2, -0.15) is 0 Å². The molecule has 1 atom stereocenters. The fourth-order valence-corrected chi connectivity index (χ4v) is 3.07. The molecule has 0 aliphatic carbocycles. The van der Waals surface area contributed by atoms with Crippen molar-refractivity contribution >= 4 is 9.24 Å². The molecule has 0 fully saturated rings. The third kappa shape index (κ3) is 13.8. The van der Waals surface area contributed by atoms with Gasteiger partial charge in [0.15, 0.2) is 0 Å². The first-order chi connectivity index (χ1) is 10.0. The Morgan fingerprint density at radius 2 is 0.952 bits per heavy atom. The molecule has 0 saturated heterocycles. The van der Waals surface area contributed by atoms with Crippen LogP contribution in [-0.4, -0.2) is 6.16 Å². The predicted molar refractivity (Wildman–Crippen MR) is 103 cm³/mol. The van der Waals surface area contributed by atoms with Crippen molar-refractivity contribution in [1.29, 1.82) is 0 Å². The second kappa shape index (κ2) is 14.0. The van der Waals surface area contributed by atoms with Gasteiger partial charge in [-0.15, -0.1) is 9.24 Å². The van der Waals surface area contributed by atoms with E-state index in [0.29, 0.717) is 5.41 Å². The quantitative estimate of drug-likeness (QED) is 0.215. The van der Waals surface area contributed by atoms with Crippen molar-refractivity contribution < 1.29 is 0 Å². The van der Waals surface area contributed by atoms with Gasteiger partial charge in [-0.1, -0.05) is 98.3 Å². The number of rotatable bonds is 15. The van der Waals surface area contributed by atoms with Crippen molar-refractivity contribution in [1.82, 2.24) is 0 Å². The lowest BCUT2D eigenvalue weighted by atomic mass is 9.77. The molecule has 1 unspecified atom stereocenters. The van der Waals surface area contributed by atoms with Crippen LogP contribution in [0.2, 0.25) is 0 Å². The Balaban J connectivity index is 3.16. The van der Waals surface area contributed by atoms with Crippen LogP contribution in [0.4, 0.5) is 0 Å². The third-order valence-electron chi connectivity index (χ3n) is 5.34. The summed E-state index contributed by atoms with van der Waals surface area (Å²) in [6.45, 7) is 9.58. The maximum Gasteiger partial charge on any atom is -0.0331 e. The first-order valence-corrected chi connectivity index (χ1v) is 10.5. The second-order valence-electron chi connectivity index (χ2n) is 7.92. The van der Waals surface area contributed by atoms with E-state index in [4.69, 9.17) is 0 Å². The summed E-state index contributed by atoms with van der Waals surface area (Å²) in [5, 5.41) is 0.